The first-order valence-electron chi connectivity index (χ1n) is 3.28. The maximum absolute atomic E-state index is 3.52. The quantitative estimate of drug-likeness (QED) is 0.480. The zero-order chi connectivity index (χ0) is 7.70. The molecule has 0 aliphatic heterocycles. The molecule has 0 heterocycles. The van der Waals surface area contributed by atoms with Crippen LogP contribution in [0.4, 0.5) is 0 Å². The predicted molar refractivity (Wildman–Crippen MR) is 44.9 cm³/mol. The van der Waals surface area contributed by atoms with E-state index in [-0.39, 0.29) is 0 Å². The highest BCUT2D eigenvalue weighted by Gasteiger charge is 1.64. The molecule has 0 aliphatic carbocycles. The van der Waals surface area contributed by atoms with Gasteiger partial charge in [0.05, 0.1) is 0 Å². The van der Waals surface area contributed by atoms with Gasteiger partial charge < -0.3 is 0 Å². The summed E-state index contributed by atoms with van der Waals surface area (Å²) in [5, 5.41) is 0. The Labute approximate surface area is 58.5 Å². The fourth-order valence-corrected chi connectivity index (χ4v) is 0.183. The highest BCUT2D eigenvalue weighted by molar-refractivity contribution is 5.26. The summed E-state index contributed by atoms with van der Waals surface area (Å²) in [4.78, 5) is 3.52. The molecule has 0 saturated carbocycles. The van der Waals surface area contributed by atoms with E-state index in [4.69, 9.17) is 0 Å². The molecule has 0 aromatic heterocycles. The molecule has 0 aromatic rings. The second-order valence-electron chi connectivity index (χ2n) is 2.10. The number of rotatable bonds is 1. The van der Waals surface area contributed by atoms with E-state index in [1.807, 2.05) is 13.8 Å². The van der Waals surface area contributed by atoms with Crippen LogP contribution in [0.25, 0.3) is 0 Å². The summed E-state index contributed by atoms with van der Waals surface area (Å²) in [6.45, 7) is 11.5. The molecule has 0 bridgehead atoms. The minimum absolute atomic E-state index is 1.19. The Kier molecular flexibility index (Phi) is 13.0. The van der Waals surface area contributed by atoms with Crippen molar-refractivity contribution in [3.05, 3.63) is 11.8 Å². The molecule has 1 nitrogen and oxygen atoms in total. The van der Waals surface area contributed by atoms with Gasteiger partial charge in [0, 0.05) is 6.20 Å². The Hall–Kier alpha value is -0.590. The summed E-state index contributed by atoms with van der Waals surface area (Å²) >= 11 is 0. The van der Waals surface area contributed by atoms with Crippen LogP contribution < -0.4 is 0 Å². The van der Waals surface area contributed by atoms with Crippen molar-refractivity contribution in [2.75, 3.05) is 0 Å². The van der Waals surface area contributed by atoms with E-state index in [9.17, 15) is 0 Å². The number of allylic oxidation sites excluding steroid dienone is 1. The van der Waals surface area contributed by atoms with Crippen LogP contribution >= 0.6 is 0 Å². The maximum Gasteiger partial charge on any atom is 0.0246 e. The zero-order valence-corrected chi connectivity index (χ0v) is 6.94. The number of hydrogen-bond donors (Lipinski definition) is 0. The molecular formula is C8H17N. The van der Waals surface area contributed by atoms with Gasteiger partial charge in [-0.15, -0.1) is 0 Å². The zero-order valence-electron chi connectivity index (χ0n) is 6.94. The van der Waals surface area contributed by atoms with Gasteiger partial charge in [-0.2, -0.15) is 0 Å². The van der Waals surface area contributed by atoms with Crippen LogP contribution in [0, 0.1) is 0 Å². The molecule has 0 rings (SSSR count). The molecule has 0 atom stereocenters. The topological polar surface area (TPSA) is 12.4 Å². The molecule has 54 valence electrons. The van der Waals surface area contributed by atoms with E-state index < -0.39 is 0 Å². The summed E-state index contributed by atoms with van der Waals surface area (Å²) in [5.74, 6) is 0. The van der Waals surface area contributed by atoms with Crippen molar-refractivity contribution in [3.63, 3.8) is 0 Å². The third-order valence-electron chi connectivity index (χ3n) is 0.349. The number of hydrogen-bond acceptors (Lipinski definition) is 1. The van der Waals surface area contributed by atoms with Crippen molar-refractivity contribution < 1.29 is 0 Å². The van der Waals surface area contributed by atoms with Crippen molar-refractivity contribution in [1.29, 1.82) is 0 Å². The lowest BCUT2D eigenvalue weighted by molar-refractivity contribution is 1.09. The van der Waals surface area contributed by atoms with Gasteiger partial charge in [0.15, 0.2) is 0 Å². The van der Waals surface area contributed by atoms with Crippen molar-refractivity contribution >= 4 is 6.72 Å². The van der Waals surface area contributed by atoms with E-state index in [2.05, 4.69) is 25.6 Å². The molecule has 0 saturated heterocycles. The van der Waals surface area contributed by atoms with E-state index >= 15 is 0 Å². The first-order chi connectivity index (χ1) is 4.18. The minimum atomic E-state index is 1.19. The lowest BCUT2D eigenvalue weighted by Crippen LogP contribution is -1.55. The highest BCUT2D eigenvalue weighted by atomic mass is 14.6. The summed E-state index contributed by atoms with van der Waals surface area (Å²) in [5.41, 5.74) is 1.19. The summed E-state index contributed by atoms with van der Waals surface area (Å²) in [6.07, 6.45) is 2.97. The van der Waals surface area contributed by atoms with Crippen molar-refractivity contribution in [3.8, 4) is 0 Å². The first kappa shape index (κ1) is 11.2. The monoisotopic (exact) mass is 127 g/mol. The molecule has 0 aromatic carbocycles. The van der Waals surface area contributed by atoms with Gasteiger partial charge >= 0.3 is 0 Å². The van der Waals surface area contributed by atoms with E-state index in [1.165, 1.54) is 12.0 Å². The Morgan fingerprint density at radius 3 is 1.78 bits per heavy atom. The fraction of sp³-hybridized carbons (Fsp3) is 0.625. The minimum Gasteiger partial charge on any atom is -0.273 e. The molecule has 1 heteroatoms. The summed E-state index contributed by atoms with van der Waals surface area (Å²) < 4.78 is 0. The molecule has 0 unspecified atom stereocenters. The van der Waals surface area contributed by atoms with Crippen molar-refractivity contribution in [2.24, 2.45) is 4.99 Å². The lowest BCUT2D eigenvalue weighted by Gasteiger charge is -1.75. The molecule has 0 aliphatic rings. The first-order valence-corrected chi connectivity index (χ1v) is 3.28. The van der Waals surface area contributed by atoms with Gasteiger partial charge in [-0.3, -0.25) is 4.99 Å². The maximum atomic E-state index is 3.52. The van der Waals surface area contributed by atoms with Gasteiger partial charge in [-0.25, -0.2) is 0 Å². The van der Waals surface area contributed by atoms with Crippen LogP contribution in [0.1, 0.15) is 34.1 Å². The second kappa shape index (κ2) is 10.4. The molecule has 0 fully saturated rings. The highest BCUT2D eigenvalue weighted by Crippen LogP contribution is 1.84. The van der Waals surface area contributed by atoms with Gasteiger partial charge in [-0.1, -0.05) is 25.8 Å². The largest absolute Gasteiger partial charge is 0.273 e. The number of aliphatic imine (C=N–C) groups is 1. The van der Waals surface area contributed by atoms with E-state index in [0.29, 0.717) is 0 Å². The smallest absolute Gasteiger partial charge is 0.0246 e. The molecule has 0 N–H and O–H groups in total. The third kappa shape index (κ3) is 37.3. The van der Waals surface area contributed by atoms with Crippen LogP contribution in [0.3, 0.4) is 0 Å². The molecule has 0 radical (unpaired) electrons. The number of nitrogens with zero attached hydrogens (tertiary/aromatic N) is 1. The standard InChI is InChI=1S/C5H9N.C3H8/c1-5(2)4-6-3;1-3-2/h4H,3H2,1-2H3;3H2,1-2H3. The van der Waals surface area contributed by atoms with Crippen LogP contribution in [-0.2, 0) is 0 Å². The summed E-state index contributed by atoms with van der Waals surface area (Å²) in [6, 6.07) is 0. The van der Waals surface area contributed by atoms with Crippen molar-refractivity contribution in [1.82, 2.24) is 0 Å². The van der Waals surface area contributed by atoms with Gasteiger partial charge in [0.2, 0.25) is 0 Å². The average molecular weight is 127 g/mol. The fourth-order valence-electron chi connectivity index (χ4n) is 0.183. The van der Waals surface area contributed by atoms with E-state index in [0.717, 1.165) is 0 Å². The Bertz CT molecular complexity index is 78.6. The van der Waals surface area contributed by atoms with Crippen molar-refractivity contribution in [2.45, 2.75) is 34.1 Å². The van der Waals surface area contributed by atoms with Gasteiger partial charge in [0.1, 0.15) is 0 Å². The molecule has 9 heavy (non-hydrogen) atoms. The van der Waals surface area contributed by atoms with Crippen LogP contribution in [0.2, 0.25) is 0 Å². The van der Waals surface area contributed by atoms with Crippen LogP contribution in [-0.4, -0.2) is 6.72 Å². The second-order valence-corrected chi connectivity index (χ2v) is 2.10. The van der Waals surface area contributed by atoms with E-state index in [1.54, 1.807) is 6.20 Å². The van der Waals surface area contributed by atoms with Gasteiger partial charge in [0.25, 0.3) is 0 Å². The molecule has 0 spiro atoms. The Balaban J connectivity index is 0. The predicted octanol–water partition coefficient (Wildman–Crippen LogP) is 3.03. The van der Waals surface area contributed by atoms with Crippen LogP contribution in [0.15, 0.2) is 16.8 Å². The van der Waals surface area contributed by atoms with Crippen LogP contribution in [0.5, 0.6) is 0 Å². The Morgan fingerprint density at radius 1 is 1.44 bits per heavy atom. The average Bonchev–Trinajstić information content (AvgIpc) is 1.67. The van der Waals surface area contributed by atoms with Gasteiger partial charge in [-0.05, 0) is 20.6 Å². The normalized spacial score (nSPS) is 6.67. The Morgan fingerprint density at radius 2 is 1.78 bits per heavy atom. The molecular weight excluding hydrogens is 110 g/mol. The third-order valence-corrected chi connectivity index (χ3v) is 0.349. The molecule has 0 amide bonds. The summed E-state index contributed by atoms with van der Waals surface area (Å²) in [7, 11) is 0. The SMILES string of the molecule is C=NC=C(C)C.CCC. The lowest BCUT2D eigenvalue weighted by atomic mass is 10.4.